The Morgan fingerprint density at radius 2 is 2.00 bits per heavy atom. The molecule has 0 spiro atoms. The Morgan fingerprint density at radius 3 is 2.70 bits per heavy atom. The van der Waals surface area contributed by atoms with Crippen LogP contribution in [0.5, 0.6) is 0 Å². The van der Waals surface area contributed by atoms with Crippen LogP contribution in [0.4, 0.5) is 4.79 Å². The summed E-state index contributed by atoms with van der Waals surface area (Å²) in [5.41, 5.74) is 1.52. The van der Waals surface area contributed by atoms with Gasteiger partial charge < -0.3 is 0 Å². The molecule has 0 fully saturated rings. The molecule has 0 aliphatic carbocycles. The summed E-state index contributed by atoms with van der Waals surface area (Å²) >= 11 is 6.01. The van der Waals surface area contributed by atoms with E-state index in [0.717, 1.165) is 14.9 Å². The third kappa shape index (κ3) is 2.30. The number of benzene rings is 1. The SMILES string of the molecule is O=C(n1ccnn1)n1nnc(Cl)c1Cc1ccccc1. The lowest BCUT2D eigenvalue weighted by molar-refractivity contribution is 0.236. The average Bonchev–Trinajstić information content (AvgIpc) is 3.11. The maximum absolute atomic E-state index is 12.2. The van der Waals surface area contributed by atoms with E-state index in [2.05, 4.69) is 20.6 Å². The van der Waals surface area contributed by atoms with Crippen molar-refractivity contribution in [2.45, 2.75) is 6.42 Å². The van der Waals surface area contributed by atoms with Crippen molar-refractivity contribution in [3.63, 3.8) is 0 Å². The fourth-order valence-corrected chi connectivity index (χ4v) is 1.96. The van der Waals surface area contributed by atoms with E-state index in [-0.39, 0.29) is 5.15 Å². The average molecular weight is 289 g/mol. The van der Waals surface area contributed by atoms with Gasteiger partial charge in [-0.15, -0.1) is 10.2 Å². The third-order valence-electron chi connectivity index (χ3n) is 2.73. The molecule has 1 aromatic carbocycles. The zero-order valence-corrected chi connectivity index (χ0v) is 11.0. The summed E-state index contributed by atoms with van der Waals surface area (Å²) in [5, 5.41) is 14.9. The number of carbonyl (C=O) groups is 1. The zero-order valence-electron chi connectivity index (χ0n) is 10.2. The lowest BCUT2D eigenvalue weighted by Crippen LogP contribution is -2.23. The lowest BCUT2D eigenvalue weighted by Gasteiger charge is -2.04. The molecule has 3 aromatic rings. The van der Waals surface area contributed by atoms with Crippen molar-refractivity contribution in [3.05, 3.63) is 59.1 Å². The first-order chi connectivity index (χ1) is 9.75. The number of aromatic nitrogens is 6. The van der Waals surface area contributed by atoms with E-state index in [1.165, 1.54) is 12.4 Å². The van der Waals surface area contributed by atoms with E-state index >= 15 is 0 Å². The fraction of sp³-hybridized carbons (Fsp3) is 0.0833. The molecule has 20 heavy (non-hydrogen) atoms. The predicted molar refractivity (Wildman–Crippen MR) is 70.5 cm³/mol. The van der Waals surface area contributed by atoms with Crippen LogP contribution in [0.25, 0.3) is 0 Å². The first kappa shape index (κ1) is 12.5. The Balaban J connectivity index is 1.96. The largest absolute Gasteiger partial charge is 0.372 e. The molecule has 0 radical (unpaired) electrons. The molecule has 0 aliphatic rings. The summed E-state index contributed by atoms with van der Waals surface area (Å²) in [4.78, 5) is 12.2. The summed E-state index contributed by atoms with van der Waals surface area (Å²) in [5.74, 6) is 0. The van der Waals surface area contributed by atoms with Crippen molar-refractivity contribution in [2.24, 2.45) is 0 Å². The van der Waals surface area contributed by atoms with Gasteiger partial charge in [0.1, 0.15) is 0 Å². The van der Waals surface area contributed by atoms with Gasteiger partial charge in [0, 0.05) is 6.42 Å². The molecule has 0 N–H and O–H groups in total. The number of carbonyl (C=O) groups excluding carboxylic acids is 1. The molecule has 0 saturated carbocycles. The summed E-state index contributed by atoms with van der Waals surface area (Å²) in [7, 11) is 0. The van der Waals surface area contributed by atoms with Gasteiger partial charge in [-0.3, -0.25) is 0 Å². The van der Waals surface area contributed by atoms with E-state index in [4.69, 9.17) is 11.6 Å². The Morgan fingerprint density at radius 1 is 1.20 bits per heavy atom. The van der Waals surface area contributed by atoms with Crippen LogP contribution in [0.15, 0.2) is 42.7 Å². The van der Waals surface area contributed by atoms with Gasteiger partial charge >= 0.3 is 6.03 Å². The highest BCUT2D eigenvalue weighted by Crippen LogP contribution is 2.16. The van der Waals surface area contributed by atoms with Gasteiger partial charge in [-0.25, -0.2) is 4.79 Å². The maximum atomic E-state index is 12.2. The highest BCUT2D eigenvalue weighted by atomic mass is 35.5. The number of hydrogen-bond donors (Lipinski definition) is 0. The molecular weight excluding hydrogens is 280 g/mol. The van der Waals surface area contributed by atoms with Gasteiger partial charge in [-0.05, 0) is 5.56 Å². The fourth-order valence-electron chi connectivity index (χ4n) is 1.78. The summed E-state index contributed by atoms with van der Waals surface area (Å²) < 4.78 is 2.20. The topological polar surface area (TPSA) is 78.5 Å². The number of hydrogen-bond acceptors (Lipinski definition) is 5. The van der Waals surface area contributed by atoms with Crippen LogP contribution in [-0.4, -0.2) is 36.0 Å². The predicted octanol–water partition coefficient (Wildman–Crippen LogP) is 1.63. The van der Waals surface area contributed by atoms with E-state index in [1.54, 1.807) is 0 Å². The molecule has 0 aliphatic heterocycles. The normalized spacial score (nSPS) is 10.7. The van der Waals surface area contributed by atoms with Crippen molar-refractivity contribution in [2.75, 3.05) is 0 Å². The lowest BCUT2D eigenvalue weighted by atomic mass is 10.1. The van der Waals surface area contributed by atoms with Gasteiger partial charge in [0.15, 0.2) is 5.15 Å². The van der Waals surface area contributed by atoms with Gasteiger partial charge in [0.05, 0.1) is 18.1 Å². The molecule has 8 heteroatoms. The molecule has 0 saturated heterocycles. The van der Waals surface area contributed by atoms with Gasteiger partial charge in [-0.2, -0.15) is 9.36 Å². The second-order valence-corrected chi connectivity index (χ2v) is 4.39. The zero-order chi connectivity index (χ0) is 13.9. The Bertz CT molecular complexity index is 722. The quantitative estimate of drug-likeness (QED) is 0.716. The molecule has 0 atom stereocenters. The number of nitrogens with zero attached hydrogens (tertiary/aromatic N) is 6. The van der Waals surface area contributed by atoms with Crippen LogP contribution in [0.3, 0.4) is 0 Å². The van der Waals surface area contributed by atoms with Gasteiger partial charge in [0.25, 0.3) is 0 Å². The van der Waals surface area contributed by atoms with Crippen molar-refractivity contribution in [1.82, 2.24) is 30.0 Å². The van der Waals surface area contributed by atoms with Crippen LogP contribution in [0.2, 0.25) is 5.15 Å². The molecule has 3 rings (SSSR count). The summed E-state index contributed by atoms with van der Waals surface area (Å²) in [6.07, 6.45) is 3.30. The van der Waals surface area contributed by atoms with Crippen LogP contribution < -0.4 is 0 Å². The second-order valence-electron chi connectivity index (χ2n) is 4.03. The molecule has 100 valence electrons. The third-order valence-corrected chi connectivity index (χ3v) is 3.02. The van der Waals surface area contributed by atoms with Crippen LogP contribution >= 0.6 is 11.6 Å². The number of rotatable bonds is 2. The van der Waals surface area contributed by atoms with Crippen LogP contribution in [0.1, 0.15) is 11.3 Å². The van der Waals surface area contributed by atoms with Gasteiger partial charge in [-0.1, -0.05) is 52.4 Å². The molecule has 0 bridgehead atoms. The van der Waals surface area contributed by atoms with E-state index in [1.807, 2.05) is 30.3 Å². The van der Waals surface area contributed by atoms with Crippen LogP contribution in [-0.2, 0) is 6.42 Å². The Labute approximate surface area is 118 Å². The molecule has 2 heterocycles. The smallest absolute Gasteiger partial charge is 0.243 e. The summed E-state index contributed by atoms with van der Waals surface area (Å²) in [6, 6.07) is 9.14. The minimum Gasteiger partial charge on any atom is -0.243 e. The minimum atomic E-state index is -0.479. The highest BCUT2D eigenvalue weighted by molar-refractivity contribution is 6.30. The molecule has 7 nitrogen and oxygen atoms in total. The van der Waals surface area contributed by atoms with Crippen molar-refractivity contribution < 1.29 is 4.79 Å². The van der Waals surface area contributed by atoms with Crippen molar-refractivity contribution in [3.8, 4) is 0 Å². The molecular formula is C12H9ClN6O. The van der Waals surface area contributed by atoms with E-state index in [9.17, 15) is 4.79 Å². The second kappa shape index (κ2) is 5.22. The minimum absolute atomic E-state index is 0.197. The molecule has 0 unspecified atom stereocenters. The maximum Gasteiger partial charge on any atom is 0.372 e. The number of halogens is 1. The summed E-state index contributed by atoms with van der Waals surface area (Å²) in [6.45, 7) is 0. The van der Waals surface area contributed by atoms with Gasteiger partial charge in [0.2, 0.25) is 0 Å². The molecule has 2 aromatic heterocycles. The molecule has 0 amide bonds. The highest BCUT2D eigenvalue weighted by Gasteiger charge is 2.19. The standard InChI is InChI=1S/C12H9ClN6O/c13-11-10(8-9-4-2-1-3-5-9)19(17-15-11)12(20)18-7-6-14-16-18/h1-7H,8H2. The van der Waals surface area contributed by atoms with E-state index in [0.29, 0.717) is 12.1 Å². The van der Waals surface area contributed by atoms with Crippen LogP contribution in [0, 0.1) is 0 Å². The van der Waals surface area contributed by atoms with E-state index < -0.39 is 6.03 Å². The Hall–Kier alpha value is -2.54. The van der Waals surface area contributed by atoms with Crippen molar-refractivity contribution >= 4 is 17.6 Å². The van der Waals surface area contributed by atoms with Crippen molar-refractivity contribution in [1.29, 1.82) is 0 Å². The first-order valence-corrected chi connectivity index (χ1v) is 6.18. The first-order valence-electron chi connectivity index (χ1n) is 5.81. The monoisotopic (exact) mass is 288 g/mol. The Kier molecular flexibility index (Phi) is 3.26.